The Balaban J connectivity index is 2.08. The Labute approximate surface area is 103 Å². The highest BCUT2D eigenvalue weighted by atomic mass is 16.5. The molecule has 2 atom stereocenters. The van der Waals surface area contributed by atoms with E-state index in [1.54, 1.807) is 0 Å². The third kappa shape index (κ3) is 3.16. The van der Waals surface area contributed by atoms with Gasteiger partial charge in [-0.05, 0) is 45.7 Å². The molecule has 0 aromatic carbocycles. The summed E-state index contributed by atoms with van der Waals surface area (Å²) in [5, 5.41) is 0. The summed E-state index contributed by atoms with van der Waals surface area (Å²) in [7, 11) is 0. The average Bonchev–Trinajstić information content (AvgIpc) is 2.28. The van der Waals surface area contributed by atoms with Crippen molar-refractivity contribution in [1.29, 1.82) is 0 Å². The lowest BCUT2D eigenvalue weighted by atomic mass is 9.86. The topological polar surface area (TPSA) is 61.0 Å². The van der Waals surface area contributed by atoms with Gasteiger partial charge >= 0.3 is 6.01 Å². The van der Waals surface area contributed by atoms with Crippen molar-refractivity contribution < 1.29 is 4.74 Å². The van der Waals surface area contributed by atoms with Crippen LogP contribution in [0.4, 0.5) is 0 Å². The molecule has 0 bridgehead atoms. The first kappa shape index (κ1) is 12.3. The molecule has 0 aliphatic heterocycles. The molecule has 0 amide bonds. The second kappa shape index (κ2) is 5.45. The summed E-state index contributed by atoms with van der Waals surface area (Å²) >= 11 is 0. The third-order valence-corrected chi connectivity index (χ3v) is 3.36. The Hall–Kier alpha value is -1.16. The number of aryl methyl sites for hydroxylation is 2. The monoisotopic (exact) mass is 235 g/mol. The molecule has 1 aromatic heterocycles. The molecule has 2 N–H and O–H groups in total. The Kier molecular flexibility index (Phi) is 3.94. The maximum Gasteiger partial charge on any atom is 0.317 e. The standard InChI is InChI=1S/C13H21N3O/c1-9-7-10(2)16-13(15-9)17-12-6-4-3-5-11(12)8-14/h7,11-12H,3-6,8,14H2,1-2H3. The molecule has 1 heterocycles. The molecule has 94 valence electrons. The molecule has 0 radical (unpaired) electrons. The van der Waals surface area contributed by atoms with Crippen LogP contribution < -0.4 is 10.5 Å². The molecule has 2 rings (SSSR count). The fourth-order valence-corrected chi connectivity index (χ4v) is 2.48. The molecular weight excluding hydrogens is 214 g/mol. The van der Waals surface area contributed by atoms with Crippen molar-refractivity contribution in [3.8, 4) is 6.01 Å². The molecule has 2 unspecified atom stereocenters. The number of nitrogens with zero attached hydrogens (tertiary/aromatic N) is 2. The van der Waals surface area contributed by atoms with Gasteiger partial charge in [-0.15, -0.1) is 0 Å². The second-order valence-corrected chi connectivity index (χ2v) is 4.87. The number of aromatic nitrogens is 2. The Morgan fingerprint density at radius 1 is 1.24 bits per heavy atom. The number of ether oxygens (including phenoxy) is 1. The maximum absolute atomic E-state index is 5.92. The number of rotatable bonds is 3. The van der Waals surface area contributed by atoms with E-state index in [4.69, 9.17) is 10.5 Å². The minimum absolute atomic E-state index is 0.190. The Bertz CT molecular complexity index is 361. The highest BCUT2D eigenvalue weighted by Gasteiger charge is 2.26. The molecule has 4 heteroatoms. The van der Waals surface area contributed by atoms with Gasteiger partial charge in [-0.2, -0.15) is 0 Å². The molecule has 0 spiro atoms. The highest BCUT2D eigenvalue weighted by Crippen LogP contribution is 2.26. The Morgan fingerprint density at radius 2 is 1.88 bits per heavy atom. The first-order valence-electron chi connectivity index (χ1n) is 6.38. The van der Waals surface area contributed by atoms with E-state index in [1.165, 1.54) is 12.8 Å². The molecular formula is C13H21N3O. The van der Waals surface area contributed by atoms with Gasteiger partial charge in [0.2, 0.25) is 0 Å². The maximum atomic E-state index is 5.92. The lowest BCUT2D eigenvalue weighted by molar-refractivity contribution is 0.0868. The van der Waals surface area contributed by atoms with Crippen molar-refractivity contribution in [2.75, 3.05) is 6.54 Å². The molecule has 17 heavy (non-hydrogen) atoms. The van der Waals surface area contributed by atoms with E-state index in [9.17, 15) is 0 Å². The fraction of sp³-hybridized carbons (Fsp3) is 0.692. The zero-order chi connectivity index (χ0) is 12.3. The molecule has 4 nitrogen and oxygen atoms in total. The molecule has 1 aliphatic carbocycles. The van der Waals surface area contributed by atoms with Gasteiger partial charge in [0.15, 0.2) is 0 Å². The number of hydrogen-bond acceptors (Lipinski definition) is 4. The Morgan fingerprint density at radius 3 is 2.53 bits per heavy atom. The van der Waals surface area contributed by atoms with Gasteiger partial charge in [-0.1, -0.05) is 6.42 Å². The first-order chi connectivity index (χ1) is 8.19. The predicted octanol–water partition coefficient (Wildman–Crippen LogP) is 1.99. The van der Waals surface area contributed by atoms with Crippen molar-refractivity contribution in [2.24, 2.45) is 11.7 Å². The van der Waals surface area contributed by atoms with Crippen LogP contribution in [-0.4, -0.2) is 22.6 Å². The summed E-state index contributed by atoms with van der Waals surface area (Å²) in [6, 6.07) is 2.46. The molecule has 1 saturated carbocycles. The first-order valence-corrected chi connectivity index (χ1v) is 6.38. The van der Waals surface area contributed by atoms with E-state index in [1.807, 2.05) is 19.9 Å². The van der Waals surface area contributed by atoms with Crippen molar-refractivity contribution in [3.05, 3.63) is 17.5 Å². The van der Waals surface area contributed by atoms with Crippen LogP contribution >= 0.6 is 0 Å². The number of hydrogen-bond donors (Lipinski definition) is 1. The SMILES string of the molecule is Cc1cc(C)nc(OC2CCCCC2CN)n1. The molecule has 1 aliphatic rings. The van der Waals surface area contributed by atoms with E-state index >= 15 is 0 Å². The van der Waals surface area contributed by atoms with Gasteiger partial charge < -0.3 is 10.5 Å². The summed E-state index contributed by atoms with van der Waals surface area (Å²) in [6.07, 6.45) is 4.89. The smallest absolute Gasteiger partial charge is 0.317 e. The van der Waals surface area contributed by atoms with E-state index < -0.39 is 0 Å². The van der Waals surface area contributed by atoms with Crippen LogP contribution in [0.3, 0.4) is 0 Å². The minimum atomic E-state index is 0.190. The van der Waals surface area contributed by atoms with Crippen molar-refractivity contribution in [1.82, 2.24) is 9.97 Å². The average molecular weight is 235 g/mol. The summed E-state index contributed by atoms with van der Waals surface area (Å²) in [5.74, 6) is 0.452. The zero-order valence-corrected chi connectivity index (χ0v) is 10.6. The van der Waals surface area contributed by atoms with E-state index in [0.717, 1.165) is 24.2 Å². The third-order valence-electron chi connectivity index (χ3n) is 3.36. The second-order valence-electron chi connectivity index (χ2n) is 4.87. The molecule has 1 fully saturated rings. The van der Waals surface area contributed by atoms with Crippen molar-refractivity contribution >= 4 is 0 Å². The largest absolute Gasteiger partial charge is 0.460 e. The van der Waals surface area contributed by atoms with Crippen LogP contribution in [0.1, 0.15) is 37.1 Å². The summed E-state index contributed by atoms with van der Waals surface area (Å²) < 4.78 is 5.92. The highest BCUT2D eigenvalue weighted by molar-refractivity contribution is 5.11. The fourth-order valence-electron chi connectivity index (χ4n) is 2.48. The molecule has 1 aromatic rings. The van der Waals surface area contributed by atoms with Gasteiger partial charge in [0.1, 0.15) is 6.10 Å². The van der Waals surface area contributed by atoms with E-state index in [-0.39, 0.29) is 6.10 Å². The lowest BCUT2D eigenvalue weighted by Gasteiger charge is -2.30. The van der Waals surface area contributed by atoms with Crippen molar-refractivity contribution in [2.45, 2.75) is 45.6 Å². The summed E-state index contributed by atoms with van der Waals surface area (Å²) in [5.41, 5.74) is 7.69. The van der Waals surface area contributed by atoms with Crippen LogP contribution in [0.15, 0.2) is 6.07 Å². The predicted molar refractivity (Wildman–Crippen MR) is 66.9 cm³/mol. The van der Waals surface area contributed by atoms with Gasteiger partial charge in [0, 0.05) is 17.3 Å². The number of nitrogens with two attached hydrogens (primary N) is 1. The quantitative estimate of drug-likeness (QED) is 0.870. The summed E-state index contributed by atoms with van der Waals surface area (Å²) in [6.45, 7) is 4.61. The minimum Gasteiger partial charge on any atom is -0.460 e. The normalized spacial score (nSPS) is 24.6. The van der Waals surface area contributed by atoms with E-state index in [0.29, 0.717) is 18.5 Å². The molecule has 0 saturated heterocycles. The van der Waals surface area contributed by atoms with Crippen LogP contribution in [0.2, 0.25) is 0 Å². The van der Waals surface area contributed by atoms with E-state index in [2.05, 4.69) is 9.97 Å². The van der Waals surface area contributed by atoms with Gasteiger partial charge in [0.05, 0.1) is 0 Å². The van der Waals surface area contributed by atoms with Gasteiger partial charge in [-0.3, -0.25) is 0 Å². The van der Waals surface area contributed by atoms with Crippen LogP contribution in [0, 0.1) is 19.8 Å². The van der Waals surface area contributed by atoms with Crippen LogP contribution in [-0.2, 0) is 0 Å². The zero-order valence-electron chi connectivity index (χ0n) is 10.6. The van der Waals surface area contributed by atoms with Gasteiger partial charge in [0.25, 0.3) is 0 Å². The van der Waals surface area contributed by atoms with Crippen LogP contribution in [0.5, 0.6) is 6.01 Å². The van der Waals surface area contributed by atoms with Crippen LogP contribution in [0.25, 0.3) is 0 Å². The lowest BCUT2D eigenvalue weighted by Crippen LogP contribution is -2.35. The van der Waals surface area contributed by atoms with Crippen molar-refractivity contribution in [3.63, 3.8) is 0 Å². The summed E-state index contributed by atoms with van der Waals surface area (Å²) in [4.78, 5) is 8.65. The van der Waals surface area contributed by atoms with Gasteiger partial charge in [-0.25, -0.2) is 9.97 Å².